The van der Waals surface area contributed by atoms with E-state index in [0.29, 0.717) is 19.3 Å². The van der Waals surface area contributed by atoms with Crippen LogP contribution in [0.1, 0.15) is 58.8 Å². The number of carbonyl (C=O) groups is 2. The van der Waals surface area contributed by atoms with Crippen molar-refractivity contribution in [2.75, 3.05) is 0 Å². The largest absolute Gasteiger partial charge is 0.481 e. The molecule has 1 amide bonds. The molecule has 1 unspecified atom stereocenters. The molecular formula is C14H25NO3. The standard InChI is InChI=1S/C14H25NO3/c1-3-4-5-6-10(2)15-13(16)11-7-8-12(9-11)14(17)18/h10-12H,3-9H2,1-2H3,(H,15,16)(H,17,18)/t10?,11-,12+/m1/s1. The predicted octanol–water partition coefficient (Wildman–Crippen LogP) is 2.57. The van der Waals surface area contributed by atoms with Crippen LogP contribution in [0.15, 0.2) is 0 Å². The lowest BCUT2D eigenvalue weighted by Crippen LogP contribution is -2.36. The monoisotopic (exact) mass is 255 g/mol. The molecule has 0 heterocycles. The Bertz CT molecular complexity index is 291. The number of carboxylic acids is 1. The summed E-state index contributed by atoms with van der Waals surface area (Å²) in [5.74, 6) is -1.14. The molecule has 0 saturated heterocycles. The molecule has 1 aliphatic carbocycles. The molecule has 0 aromatic rings. The van der Waals surface area contributed by atoms with E-state index in [1.54, 1.807) is 0 Å². The van der Waals surface area contributed by atoms with Crippen LogP contribution < -0.4 is 5.32 Å². The Labute approximate surface area is 109 Å². The second-order valence-corrected chi connectivity index (χ2v) is 5.45. The maximum absolute atomic E-state index is 12.0. The van der Waals surface area contributed by atoms with E-state index in [-0.39, 0.29) is 23.8 Å². The van der Waals surface area contributed by atoms with Gasteiger partial charge in [-0.1, -0.05) is 26.2 Å². The van der Waals surface area contributed by atoms with Gasteiger partial charge in [0.1, 0.15) is 0 Å². The second kappa shape index (κ2) is 7.39. The van der Waals surface area contributed by atoms with E-state index in [4.69, 9.17) is 5.11 Å². The number of hydrogen-bond donors (Lipinski definition) is 2. The van der Waals surface area contributed by atoms with E-state index in [9.17, 15) is 9.59 Å². The lowest BCUT2D eigenvalue weighted by molar-refractivity contribution is -0.141. The molecule has 0 spiro atoms. The molecule has 1 saturated carbocycles. The molecule has 1 aliphatic rings. The molecular weight excluding hydrogens is 230 g/mol. The average molecular weight is 255 g/mol. The third-order valence-electron chi connectivity index (χ3n) is 3.78. The van der Waals surface area contributed by atoms with Crippen LogP contribution in [0, 0.1) is 11.8 Å². The second-order valence-electron chi connectivity index (χ2n) is 5.45. The lowest BCUT2D eigenvalue weighted by atomic mass is 10.0. The maximum atomic E-state index is 12.0. The highest BCUT2D eigenvalue weighted by atomic mass is 16.4. The molecule has 4 nitrogen and oxygen atoms in total. The first-order valence-corrected chi connectivity index (χ1v) is 7.07. The van der Waals surface area contributed by atoms with Crippen LogP contribution in [0.4, 0.5) is 0 Å². The Morgan fingerprint density at radius 1 is 1.28 bits per heavy atom. The smallest absolute Gasteiger partial charge is 0.306 e. The summed E-state index contributed by atoms with van der Waals surface area (Å²) in [7, 11) is 0. The highest BCUT2D eigenvalue weighted by molar-refractivity contribution is 5.81. The van der Waals surface area contributed by atoms with Crippen LogP contribution >= 0.6 is 0 Å². The molecule has 18 heavy (non-hydrogen) atoms. The van der Waals surface area contributed by atoms with E-state index in [1.807, 2.05) is 6.92 Å². The van der Waals surface area contributed by atoms with E-state index >= 15 is 0 Å². The van der Waals surface area contributed by atoms with Crippen LogP contribution in [0.3, 0.4) is 0 Å². The number of aliphatic carboxylic acids is 1. The van der Waals surface area contributed by atoms with Crippen LogP contribution in [-0.4, -0.2) is 23.0 Å². The zero-order valence-electron chi connectivity index (χ0n) is 11.4. The molecule has 0 aromatic carbocycles. The number of hydrogen-bond acceptors (Lipinski definition) is 2. The Kier molecular flexibility index (Phi) is 6.16. The van der Waals surface area contributed by atoms with Crippen molar-refractivity contribution in [1.29, 1.82) is 0 Å². The molecule has 1 rings (SSSR count). The number of nitrogens with one attached hydrogen (secondary N) is 1. The van der Waals surface area contributed by atoms with Gasteiger partial charge in [-0.15, -0.1) is 0 Å². The SMILES string of the molecule is CCCCCC(C)NC(=O)[C@@H]1CC[C@H](C(=O)O)C1. The normalized spacial score (nSPS) is 24.8. The van der Waals surface area contributed by atoms with Gasteiger partial charge in [-0.2, -0.15) is 0 Å². The van der Waals surface area contributed by atoms with Gasteiger partial charge < -0.3 is 10.4 Å². The van der Waals surface area contributed by atoms with Crippen molar-refractivity contribution >= 4 is 11.9 Å². The fourth-order valence-electron chi connectivity index (χ4n) is 2.58. The molecule has 104 valence electrons. The van der Waals surface area contributed by atoms with Gasteiger partial charge in [-0.05, 0) is 32.6 Å². The summed E-state index contributed by atoms with van der Waals surface area (Å²) in [6.07, 6.45) is 6.38. The quantitative estimate of drug-likeness (QED) is 0.687. The van der Waals surface area contributed by atoms with Crippen molar-refractivity contribution in [2.45, 2.75) is 64.8 Å². The van der Waals surface area contributed by atoms with Crippen molar-refractivity contribution in [3.63, 3.8) is 0 Å². The lowest BCUT2D eigenvalue weighted by Gasteiger charge is -2.17. The van der Waals surface area contributed by atoms with Gasteiger partial charge in [0.15, 0.2) is 0 Å². The number of rotatable bonds is 7. The third-order valence-corrected chi connectivity index (χ3v) is 3.78. The van der Waals surface area contributed by atoms with Crippen LogP contribution in [0.25, 0.3) is 0 Å². The van der Waals surface area contributed by atoms with Gasteiger partial charge in [-0.3, -0.25) is 9.59 Å². The number of carbonyl (C=O) groups excluding carboxylic acids is 1. The van der Waals surface area contributed by atoms with Crippen LogP contribution in [0.2, 0.25) is 0 Å². The van der Waals surface area contributed by atoms with Gasteiger partial charge in [0.2, 0.25) is 5.91 Å². The van der Waals surface area contributed by atoms with Crippen molar-refractivity contribution in [3.05, 3.63) is 0 Å². The topological polar surface area (TPSA) is 66.4 Å². The molecule has 3 atom stereocenters. The summed E-state index contributed by atoms with van der Waals surface area (Å²) in [6.45, 7) is 4.19. The molecule has 2 N–H and O–H groups in total. The number of carboxylic acid groups (broad SMARTS) is 1. The van der Waals surface area contributed by atoms with Gasteiger partial charge in [-0.25, -0.2) is 0 Å². The van der Waals surface area contributed by atoms with Gasteiger partial charge in [0.25, 0.3) is 0 Å². The molecule has 0 aliphatic heterocycles. The van der Waals surface area contributed by atoms with Crippen molar-refractivity contribution in [3.8, 4) is 0 Å². The third kappa shape index (κ3) is 4.67. The minimum Gasteiger partial charge on any atom is -0.481 e. The van der Waals surface area contributed by atoms with E-state index < -0.39 is 5.97 Å². The maximum Gasteiger partial charge on any atom is 0.306 e. The van der Waals surface area contributed by atoms with Crippen molar-refractivity contribution in [2.24, 2.45) is 11.8 Å². The first-order chi connectivity index (χ1) is 8.54. The zero-order chi connectivity index (χ0) is 13.5. The van der Waals surface area contributed by atoms with Crippen molar-refractivity contribution < 1.29 is 14.7 Å². The fraction of sp³-hybridized carbons (Fsp3) is 0.857. The Hall–Kier alpha value is -1.06. The minimum absolute atomic E-state index is 0.0442. The van der Waals surface area contributed by atoms with Gasteiger partial charge in [0, 0.05) is 12.0 Å². The Morgan fingerprint density at radius 2 is 1.94 bits per heavy atom. The number of unbranched alkanes of at least 4 members (excludes halogenated alkanes) is 2. The first-order valence-electron chi connectivity index (χ1n) is 7.07. The fourth-order valence-corrected chi connectivity index (χ4v) is 2.58. The summed E-state index contributed by atoms with van der Waals surface area (Å²) in [4.78, 5) is 22.8. The molecule has 0 bridgehead atoms. The molecule has 0 radical (unpaired) electrons. The average Bonchev–Trinajstić information content (AvgIpc) is 2.78. The van der Waals surface area contributed by atoms with Crippen molar-refractivity contribution in [1.82, 2.24) is 5.32 Å². The first kappa shape index (κ1) is 15.0. The Morgan fingerprint density at radius 3 is 2.50 bits per heavy atom. The van der Waals surface area contributed by atoms with E-state index in [2.05, 4.69) is 12.2 Å². The summed E-state index contributed by atoms with van der Waals surface area (Å²) >= 11 is 0. The van der Waals surface area contributed by atoms with Crippen LogP contribution in [0.5, 0.6) is 0 Å². The number of amides is 1. The highest BCUT2D eigenvalue weighted by Crippen LogP contribution is 2.31. The van der Waals surface area contributed by atoms with E-state index in [0.717, 1.165) is 12.8 Å². The summed E-state index contributed by atoms with van der Waals surface area (Å²) in [5.41, 5.74) is 0. The van der Waals surface area contributed by atoms with Crippen LogP contribution in [-0.2, 0) is 9.59 Å². The Balaban J connectivity index is 2.26. The summed E-state index contributed by atoms with van der Waals surface area (Å²) in [6, 6.07) is 0.202. The molecule has 1 fully saturated rings. The highest BCUT2D eigenvalue weighted by Gasteiger charge is 2.33. The molecule has 4 heteroatoms. The van der Waals surface area contributed by atoms with Gasteiger partial charge in [0.05, 0.1) is 5.92 Å². The van der Waals surface area contributed by atoms with E-state index in [1.165, 1.54) is 12.8 Å². The zero-order valence-corrected chi connectivity index (χ0v) is 11.4. The summed E-state index contributed by atoms with van der Waals surface area (Å²) < 4.78 is 0. The summed E-state index contributed by atoms with van der Waals surface area (Å²) in [5, 5.41) is 11.9. The minimum atomic E-state index is -0.763. The predicted molar refractivity (Wildman–Crippen MR) is 70.2 cm³/mol. The van der Waals surface area contributed by atoms with Gasteiger partial charge >= 0.3 is 5.97 Å². The molecule has 0 aromatic heterocycles.